The Bertz CT molecular complexity index is 691. The lowest BCUT2D eigenvalue weighted by atomic mass is 10.2. The fraction of sp³-hybridized carbons (Fsp3) is 0. The van der Waals surface area contributed by atoms with E-state index in [1.807, 2.05) is 48.5 Å². The van der Waals surface area contributed by atoms with Crippen LogP contribution in [0, 0.1) is 0 Å². The van der Waals surface area contributed by atoms with Gasteiger partial charge in [0.2, 0.25) is 5.96 Å². The van der Waals surface area contributed by atoms with Crippen LogP contribution in [-0.4, -0.2) is 18.4 Å². The Morgan fingerprint density at radius 2 is 1.36 bits per heavy atom. The molecule has 3 N–H and O–H groups in total. The van der Waals surface area contributed by atoms with Crippen molar-refractivity contribution in [2.24, 2.45) is 21.0 Å². The molecule has 0 atom stereocenters. The molecule has 0 aliphatic carbocycles. The molecule has 112 valence electrons. The lowest BCUT2D eigenvalue weighted by molar-refractivity contribution is 0.994. The molecule has 2 aromatic rings. The Labute approximate surface area is 145 Å². The normalized spacial score (nSPS) is 12.2. The highest BCUT2D eigenvalue weighted by molar-refractivity contribution is 9.10. The van der Waals surface area contributed by atoms with Crippen molar-refractivity contribution in [1.82, 2.24) is 5.43 Å². The zero-order chi connectivity index (χ0) is 15.8. The van der Waals surface area contributed by atoms with Gasteiger partial charge in [0.15, 0.2) is 0 Å². The highest BCUT2D eigenvalue weighted by Gasteiger charge is 1.90. The molecule has 2 aromatic carbocycles. The van der Waals surface area contributed by atoms with Gasteiger partial charge in [0.05, 0.1) is 12.4 Å². The van der Waals surface area contributed by atoms with Crippen LogP contribution < -0.4 is 11.2 Å². The molecule has 0 aliphatic heterocycles. The van der Waals surface area contributed by atoms with Crippen LogP contribution in [0.25, 0.3) is 0 Å². The van der Waals surface area contributed by atoms with E-state index in [2.05, 4.69) is 52.6 Å². The van der Waals surface area contributed by atoms with E-state index in [9.17, 15) is 0 Å². The maximum atomic E-state index is 5.65. The molecular weight excluding hydrogens is 410 g/mol. The molecule has 0 saturated heterocycles. The highest BCUT2D eigenvalue weighted by Crippen LogP contribution is 2.09. The Kier molecular flexibility index (Phi) is 6.29. The number of hydrazone groups is 1. The summed E-state index contributed by atoms with van der Waals surface area (Å²) in [5, 5.41) is 11.7. The molecule has 2 rings (SSSR count). The van der Waals surface area contributed by atoms with Crippen molar-refractivity contribution in [3.8, 4) is 0 Å². The van der Waals surface area contributed by atoms with Gasteiger partial charge in [0.25, 0.3) is 0 Å². The van der Waals surface area contributed by atoms with Gasteiger partial charge in [-0.1, -0.05) is 56.1 Å². The average molecular weight is 423 g/mol. The predicted molar refractivity (Wildman–Crippen MR) is 98.2 cm³/mol. The van der Waals surface area contributed by atoms with Gasteiger partial charge in [-0.05, 0) is 35.4 Å². The number of nitrogens with one attached hydrogen (secondary N) is 1. The summed E-state index contributed by atoms with van der Waals surface area (Å²) in [7, 11) is 0. The van der Waals surface area contributed by atoms with E-state index in [1.165, 1.54) is 0 Å². The second-order valence-electron chi connectivity index (χ2n) is 4.20. The maximum absolute atomic E-state index is 5.65. The summed E-state index contributed by atoms with van der Waals surface area (Å²) in [5.41, 5.74) is 10.1. The molecule has 0 saturated carbocycles. The largest absolute Gasteiger partial charge is 0.367 e. The number of rotatable bonds is 4. The highest BCUT2D eigenvalue weighted by atomic mass is 79.9. The molecule has 0 unspecified atom stereocenters. The van der Waals surface area contributed by atoms with Gasteiger partial charge in [-0.3, -0.25) is 0 Å². The number of halogens is 2. The zero-order valence-electron chi connectivity index (χ0n) is 11.4. The summed E-state index contributed by atoms with van der Waals surface area (Å²) >= 11 is 6.74. The summed E-state index contributed by atoms with van der Waals surface area (Å²) in [4.78, 5) is 0. The van der Waals surface area contributed by atoms with Crippen LogP contribution in [-0.2, 0) is 0 Å². The fourth-order valence-corrected chi connectivity index (χ4v) is 1.98. The first-order valence-electron chi connectivity index (χ1n) is 6.30. The van der Waals surface area contributed by atoms with Crippen molar-refractivity contribution in [3.63, 3.8) is 0 Å². The van der Waals surface area contributed by atoms with Crippen molar-refractivity contribution < 1.29 is 0 Å². The smallest absolute Gasteiger partial charge is 0.234 e. The van der Waals surface area contributed by atoms with Gasteiger partial charge < -0.3 is 5.73 Å². The second kappa shape index (κ2) is 8.45. The summed E-state index contributed by atoms with van der Waals surface area (Å²) < 4.78 is 2.03. The standard InChI is InChI=1S/C15H13Br2N5/c16-13-5-1-11(2-6-13)9-19-21-15(18)22-20-10-12-3-7-14(17)8-4-12/h1-10H,(H3,18,21,22)/b19-9-,20-10-. The number of hydrogen-bond acceptors (Lipinski definition) is 3. The summed E-state index contributed by atoms with van der Waals surface area (Å²) in [6, 6.07) is 15.4. The Hall–Kier alpha value is -1.99. The summed E-state index contributed by atoms with van der Waals surface area (Å²) in [6.07, 6.45) is 3.26. The van der Waals surface area contributed by atoms with E-state index in [1.54, 1.807) is 12.4 Å². The molecule has 0 aromatic heterocycles. The molecule has 0 bridgehead atoms. The summed E-state index contributed by atoms with van der Waals surface area (Å²) in [5.74, 6) is 0.113. The summed E-state index contributed by atoms with van der Waals surface area (Å²) in [6.45, 7) is 0. The molecule has 7 heteroatoms. The van der Waals surface area contributed by atoms with Crippen LogP contribution in [0.3, 0.4) is 0 Å². The average Bonchev–Trinajstić information content (AvgIpc) is 2.51. The lowest BCUT2D eigenvalue weighted by Gasteiger charge is -1.96. The number of hydrogen-bond donors (Lipinski definition) is 2. The van der Waals surface area contributed by atoms with Gasteiger partial charge in [0.1, 0.15) is 0 Å². The van der Waals surface area contributed by atoms with Gasteiger partial charge in [-0.15, -0.1) is 5.10 Å². The fourth-order valence-electron chi connectivity index (χ4n) is 1.45. The van der Waals surface area contributed by atoms with E-state index in [4.69, 9.17) is 5.73 Å². The van der Waals surface area contributed by atoms with Crippen LogP contribution in [0.15, 0.2) is 72.8 Å². The second-order valence-corrected chi connectivity index (χ2v) is 6.03. The van der Waals surface area contributed by atoms with Crippen molar-refractivity contribution in [2.75, 3.05) is 0 Å². The Morgan fingerprint density at radius 1 is 0.864 bits per heavy atom. The van der Waals surface area contributed by atoms with Gasteiger partial charge in [-0.2, -0.15) is 10.2 Å². The van der Waals surface area contributed by atoms with E-state index in [0.29, 0.717) is 0 Å². The van der Waals surface area contributed by atoms with Crippen LogP contribution in [0.2, 0.25) is 0 Å². The molecule has 22 heavy (non-hydrogen) atoms. The number of guanidine groups is 1. The van der Waals surface area contributed by atoms with E-state index in [-0.39, 0.29) is 5.96 Å². The molecule has 0 radical (unpaired) electrons. The van der Waals surface area contributed by atoms with Gasteiger partial charge >= 0.3 is 0 Å². The molecule has 5 nitrogen and oxygen atoms in total. The first kappa shape index (κ1) is 16.4. The third-order valence-corrected chi connectivity index (χ3v) is 3.56. The minimum absolute atomic E-state index is 0.113. The van der Waals surface area contributed by atoms with Gasteiger partial charge in [-0.25, -0.2) is 5.43 Å². The quantitative estimate of drug-likeness (QED) is 0.449. The molecule has 0 fully saturated rings. The van der Waals surface area contributed by atoms with Crippen LogP contribution in [0.1, 0.15) is 11.1 Å². The molecular formula is C15H13Br2N5. The molecule has 0 heterocycles. The molecule has 0 amide bonds. The first-order valence-corrected chi connectivity index (χ1v) is 7.89. The molecule has 0 spiro atoms. The predicted octanol–water partition coefficient (Wildman–Crippen LogP) is 3.48. The van der Waals surface area contributed by atoms with Crippen molar-refractivity contribution >= 4 is 50.2 Å². The first-order chi connectivity index (χ1) is 10.6. The van der Waals surface area contributed by atoms with Crippen molar-refractivity contribution in [2.45, 2.75) is 0 Å². The molecule has 0 aliphatic rings. The maximum Gasteiger partial charge on any atom is 0.234 e. The topological polar surface area (TPSA) is 75.1 Å². The van der Waals surface area contributed by atoms with Crippen LogP contribution in [0.4, 0.5) is 0 Å². The number of nitrogens with two attached hydrogens (primary N) is 1. The SMILES string of the molecule is NC(=N/N=C\c1ccc(Br)cc1)N/N=C\c1ccc(Br)cc1. The third kappa shape index (κ3) is 5.79. The number of benzene rings is 2. The van der Waals surface area contributed by atoms with Gasteiger partial charge in [0, 0.05) is 8.95 Å². The minimum Gasteiger partial charge on any atom is -0.367 e. The minimum atomic E-state index is 0.113. The van der Waals surface area contributed by atoms with Crippen molar-refractivity contribution in [3.05, 3.63) is 68.6 Å². The lowest BCUT2D eigenvalue weighted by Crippen LogP contribution is -2.26. The monoisotopic (exact) mass is 421 g/mol. The van der Waals surface area contributed by atoms with E-state index < -0.39 is 0 Å². The zero-order valence-corrected chi connectivity index (χ0v) is 14.6. The number of nitrogens with zero attached hydrogens (tertiary/aromatic N) is 3. The van der Waals surface area contributed by atoms with E-state index >= 15 is 0 Å². The Balaban J connectivity index is 1.87. The van der Waals surface area contributed by atoms with Crippen LogP contribution >= 0.6 is 31.9 Å². The Morgan fingerprint density at radius 3 is 1.91 bits per heavy atom. The van der Waals surface area contributed by atoms with Crippen molar-refractivity contribution in [1.29, 1.82) is 0 Å². The third-order valence-electron chi connectivity index (χ3n) is 2.51. The van der Waals surface area contributed by atoms with Crippen LogP contribution in [0.5, 0.6) is 0 Å². The van der Waals surface area contributed by atoms with E-state index in [0.717, 1.165) is 20.1 Å².